The van der Waals surface area contributed by atoms with Crippen LogP contribution in [0, 0.1) is 0 Å². The maximum atomic E-state index is 9.81. The molecule has 6 heteroatoms. The van der Waals surface area contributed by atoms with E-state index in [-0.39, 0.29) is 5.75 Å². The average molecular weight is 253 g/mol. The van der Waals surface area contributed by atoms with E-state index < -0.39 is 0 Å². The van der Waals surface area contributed by atoms with E-state index in [2.05, 4.69) is 20.2 Å². The van der Waals surface area contributed by atoms with Crippen LogP contribution in [-0.4, -0.2) is 25.3 Å². The van der Waals surface area contributed by atoms with Crippen molar-refractivity contribution in [2.24, 2.45) is 0 Å². The number of anilines is 1. The van der Waals surface area contributed by atoms with Crippen LogP contribution in [0.2, 0.25) is 0 Å². The number of benzene rings is 1. The van der Waals surface area contributed by atoms with Crippen LogP contribution >= 0.6 is 0 Å². The van der Waals surface area contributed by atoms with Crippen LogP contribution in [0.15, 0.2) is 42.7 Å². The lowest BCUT2D eigenvalue weighted by molar-refractivity contribution is 0.477. The van der Waals surface area contributed by atoms with E-state index in [0.29, 0.717) is 22.9 Å². The van der Waals surface area contributed by atoms with Crippen LogP contribution in [0.4, 0.5) is 5.69 Å². The topological polar surface area (TPSA) is 101 Å². The number of nitrogens with one attached hydrogen (secondary N) is 1. The molecule has 0 spiro atoms. The largest absolute Gasteiger partial charge is 0.507 e. The minimum absolute atomic E-state index is 0.100. The summed E-state index contributed by atoms with van der Waals surface area (Å²) in [6.07, 6.45) is 3.35. The molecule has 0 aliphatic rings. The third-order valence-corrected chi connectivity index (χ3v) is 2.68. The van der Waals surface area contributed by atoms with Crippen LogP contribution in [0.1, 0.15) is 0 Å². The van der Waals surface area contributed by atoms with Gasteiger partial charge in [-0.2, -0.15) is 5.10 Å². The highest BCUT2D eigenvalue weighted by Gasteiger charge is 2.11. The van der Waals surface area contributed by atoms with Crippen molar-refractivity contribution in [3.05, 3.63) is 42.7 Å². The lowest BCUT2D eigenvalue weighted by Gasteiger charge is -2.01. The fourth-order valence-electron chi connectivity index (χ4n) is 1.75. The van der Waals surface area contributed by atoms with Crippen LogP contribution in [0.3, 0.4) is 0 Å². The van der Waals surface area contributed by atoms with Crippen LogP contribution in [0.5, 0.6) is 5.75 Å². The second-order valence-corrected chi connectivity index (χ2v) is 4.03. The molecular formula is C13H11N5O. The van der Waals surface area contributed by atoms with E-state index >= 15 is 0 Å². The van der Waals surface area contributed by atoms with Gasteiger partial charge in [0.25, 0.3) is 0 Å². The molecule has 4 N–H and O–H groups in total. The Hall–Kier alpha value is -2.89. The Morgan fingerprint density at radius 3 is 2.89 bits per heavy atom. The van der Waals surface area contributed by atoms with Gasteiger partial charge in [0, 0.05) is 23.6 Å². The fraction of sp³-hybridized carbons (Fsp3) is 0. The zero-order valence-electron chi connectivity index (χ0n) is 9.91. The summed E-state index contributed by atoms with van der Waals surface area (Å²) in [5, 5.41) is 16.7. The van der Waals surface area contributed by atoms with Gasteiger partial charge in [-0.05, 0) is 30.3 Å². The summed E-state index contributed by atoms with van der Waals surface area (Å²) >= 11 is 0. The van der Waals surface area contributed by atoms with Gasteiger partial charge in [0.1, 0.15) is 5.75 Å². The summed E-state index contributed by atoms with van der Waals surface area (Å²) in [7, 11) is 0. The number of pyridine rings is 1. The van der Waals surface area contributed by atoms with Crippen molar-refractivity contribution in [3.63, 3.8) is 0 Å². The molecule has 94 valence electrons. The van der Waals surface area contributed by atoms with E-state index in [4.69, 9.17) is 5.73 Å². The third-order valence-electron chi connectivity index (χ3n) is 2.68. The van der Waals surface area contributed by atoms with Gasteiger partial charge in [0.2, 0.25) is 0 Å². The lowest BCUT2D eigenvalue weighted by Crippen LogP contribution is -1.87. The van der Waals surface area contributed by atoms with Gasteiger partial charge in [-0.15, -0.1) is 0 Å². The molecule has 0 radical (unpaired) electrons. The number of hydrogen-bond acceptors (Lipinski definition) is 5. The first-order chi connectivity index (χ1) is 9.24. The van der Waals surface area contributed by atoms with Crippen molar-refractivity contribution < 1.29 is 5.11 Å². The first kappa shape index (κ1) is 11.2. The summed E-state index contributed by atoms with van der Waals surface area (Å²) in [6.45, 7) is 0. The highest BCUT2D eigenvalue weighted by atomic mass is 16.3. The van der Waals surface area contributed by atoms with E-state index in [1.807, 2.05) is 12.1 Å². The zero-order valence-corrected chi connectivity index (χ0v) is 9.91. The fourth-order valence-corrected chi connectivity index (χ4v) is 1.75. The van der Waals surface area contributed by atoms with E-state index in [9.17, 15) is 5.11 Å². The minimum Gasteiger partial charge on any atom is -0.507 e. The second-order valence-electron chi connectivity index (χ2n) is 4.03. The number of phenols is 1. The Morgan fingerprint density at radius 2 is 2.11 bits per heavy atom. The van der Waals surface area contributed by atoms with Crippen molar-refractivity contribution in [2.45, 2.75) is 0 Å². The number of aromatic hydroxyl groups is 1. The smallest absolute Gasteiger partial charge is 0.183 e. The molecule has 0 saturated carbocycles. The predicted octanol–water partition coefficient (Wildman–Crippen LogP) is 1.82. The Labute approximate surface area is 109 Å². The number of nitrogen functional groups attached to an aromatic ring is 1. The van der Waals surface area contributed by atoms with E-state index in [1.165, 1.54) is 6.07 Å². The lowest BCUT2D eigenvalue weighted by atomic mass is 10.1. The quantitative estimate of drug-likeness (QED) is 0.477. The molecule has 0 atom stereocenters. The van der Waals surface area contributed by atoms with Crippen molar-refractivity contribution in [2.75, 3.05) is 5.73 Å². The summed E-state index contributed by atoms with van der Waals surface area (Å²) in [5.74, 6) is 1.08. The Kier molecular flexibility index (Phi) is 2.60. The third kappa shape index (κ3) is 2.11. The maximum absolute atomic E-state index is 9.81. The molecule has 6 nitrogen and oxygen atoms in total. The predicted molar refractivity (Wildman–Crippen MR) is 71.1 cm³/mol. The van der Waals surface area contributed by atoms with Gasteiger partial charge < -0.3 is 10.8 Å². The molecule has 1 aromatic carbocycles. The summed E-state index contributed by atoms with van der Waals surface area (Å²) < 4.78 is 0. The maximum Gasteiger partial charge on any atom is 0.183 e. The number of nitrogens with two attached hydrogens (primary N) is 1. The number of aromatic amines is 1. The van der Waals surface area contributed by atoms with Gasteiger partial charge in [-0.3, -0.25) is 10.1 Å². The molecule has 3 aromatic rings. The number of phenolic OH excluding ortho intramolecular Hbond substituents is 1. The number of hydrogen-bond donors (Lipinski definition) is 3. The molecule has 0 aliphatic heterocycles. The molecule has 0 unspecified atom stereocenters. The van der Waals surface area contributed by atoms with Gasteiger partial charge in [-0.1, -0.05) is 0 Å². The second kappa shape index (κ2) is 4.41. The molecule has 0 bridgehead atoms. The normalized spacial score (nSPS) is 10.5. The van der Waals surface area contributed by atoms with Crippen molar-refractivity contribution in [1.29, 1.82) is 0 Å². The van der Waals surface area contributed by atoms with Crippen molar-refractivity contribution in [3.8, 4) is 28.5 Å². The SMILES string of the molecule is Nc1ccc(O)c(-c2nc(-c3cccnc3)n[nH]2)c1. The standard InChI is InChI=1S/C13H11N5O/c14-9-3-4-11(19)10(6-9)13-16-12(17-18-13)8-2-1-5-15-7-8/h1-7,19H,14H2,(H,16,17,18). The summed E-state index contributed by atoms with van der Waals surface area (Å²) in [5.41, 5.74) is 7.56. The van der Waals surface area contributed by atoms with E-state index in [0.717, 1.165) is 5.56 Å². The van der Waals surface area contributed by atoms with Gasteiger partial charge in [0.15, 0.2) is 11.6 Å². The number of H-pyrrole nitrogens is 1. The number of nitrogens with zero attached hydrogens (tertiary/aromatic N) is 3. The highest BCUT2D eigenvalue weighted by molar-refractivity contribution is 5.69. The first-order valence-electron chi connectivity index (χ1n) is 5.66. The average Bonchev–Trinajstić information content (AvgIpc) is 2.92. The molecular weight excluding hydrogens is 242 g/mol. The molecule has 3 rings (SSSR count). The first-order valence-corrected chi connectivity index (χ1v) is 5.66. The summed E-state index contributed by atoms with van der Waals surface area (Å²) in [4.78, 5) is 8.34. The molecule has 0 amide bonds. The van der Waals surface area contributed by atoms with Gasteiger partial charge in [0.05, 0.1) is 5.56 Å². The summed E-state index contributed by atoms with van der Waals surface area (Å²) in [6, 6.07) is 8.46. The Morgan fingerprint density at radius 1 is 1.21 bits per heavy atom. The van der Waals surface area contributed by atoms with Crippen LogP contribution in [0.25, 0.3) is 22.8 Å². The van der Waals surface area contributed by atoms with E-state index in [1.54, 1.807) is 24.5 Å². The van der Waals surface area contributed by atoms with Crippen LogP contribution in [-0.2, 0) is 0 Å². The monoisotopic (exact) mass is 253 g/mol. The van der Waals surface area contributed by atoms with Gasteiger partial charge >= 0.3 is 0 Å². The molecule has 2 aromatic heterocycles. The molecule has 0 aliphatic carbocycles. The van der Waals surface area contributed by atoms with Crippen molar-refractivity contribution >= 4 is 5.69 Å². The molecule has 2 heterocycles. The Balaban J connectivity index is 2.04. The molecule has 0 saturated heterocycles. The molecule has 19 heavy (non-hydrogen) atoms. The number of rotatable bonds is 2. The van der Waals surface area contributed by atoms with Gasteiger partial charge in [-0.25, -0.2) is 4.98 Å². The Bertz CT molecular complexity index is 708. The highest BCUT2D eigenvalue weighted by Crippen LogP contribution is 2.29. The zero-order chi connectivity index (χ0) is 13.2. The minimum atomic E-state index is 0.100. The molecule has 0 fully saturated rings. The van der Waals surface area contributed by atoms with Crippen LogP contribution < -0.4 is 5.73 Å². The number of aromatic nitrogens is 4. The van der Waals surface area contributed by atoms with Crippen molar-refractivity contribution in [1.82, 2.24) is 20.2 Å².